The first-order valence-corrected chi connectivity index (χ1v) is 10.8. The number of carbonyl (C=O) groups is 1. The Morgan fingerprint density at radius 2 is 2.00 bits per heavy atom. The highest BCUT2D eigenvalue weighted by atomic mass is 32.2. The quantitative estimate of drug-likeness (QED) is 0.754. The Balaban J connectivity index is 1.79. The lowest BCUT2D eigenvalue weighted by atomic mass is 9.73. The molecule has 0 aromatic heterocycles. The van der Waals surface area contributed by atoms with Gasteiger partial charge >= 0.3 is 0 Å². The summed E-state index contributed by atoms with van der Waals surface area (Å²) < 4.78 is 33.3. The van der Waals surface area contributed by atoms with Gasteiger partial charge in [0, 0.05) is 45.1 Å². The molecule has 0 bridgehead atoms. The van der Waals surface area contributed by atoms with Crippen molar-refractivity contribution < 1.29 is 17.9 Å². The molecule has 2 atom stereocenters. The Bertz CT molecular complexity index is 737. The van der Waals surface area contributed by atoms with E-state index in [1.165, 1.54) is 0 Å². The Kier molecular flexibility index (Phi) is 5.69. The van der Waals surface area contributed by atoms with Crippen molar-refractivity contribution in [3.63, 3.8) is 0 Å². The predicted octanol–water partition coefficient (Wildman–Crippen LogP) is 1.72. The molecule has 0 unspecified atom stereocenters. The average molecular weight is 381 g/mol. The summed E-state index contributed by atoms with van der Waals surface area (Å²) in [6, 6.07) is 9.28. The smallest absolute Gasteiger partial charge is 0.219 e. The van der Waals surface area contributed by atoms with Crippen LogP contribution in [0, 0.1) is 11.3 Å². The van der Waals surface area contributed by atoms with Crippen LogP contribution in [0.25, 0.3) is 0 Å². The van der Waals surface area contributed by atoms with Gasteiger partial charge < -0.3 is 9.64 Å². The van der Waals surface area contributed by atoms with E-state index in [2.05, 4.69) is 0 Å². The van der Waals surface area contributed by atoms with Crippen molar-refractivity contribution in [1.29, 1.82) is 0 Å². The van der Waals surface area contributed by atoms with E-state index in [0.717, 1.165) is 12.0 Å². The fraction of sp³-hybridized carbons (Fsp3) is 0.632. The molecule has 1 aromatic carbocycles. The molecule has 3 rings (SSSR count). The van der Waals surface area contributed by atoms with Gasteiger partial charge in [0.2, 0.25) is 15.9 Å². The first kappa shape index (κ1) is 19.3. The lowest BCUT2D eigenvalue weighted by molar-refractivity contribution is -0.133. The minimum Gasteiger partial charge on any atom is -0.381 e. The summed E-state index contributed by atoms with van der Waals surface area (Å²) in [5.74, 6) is 0.194. The van der Waals surface area contributed by atoms with Crippen LogP contribution in [-0.4, -0.2) is 62.9 Å². The van der Waals surface area contributed by atoms with E-state index in [4.69, 9.17) is 4.74 Å². The lowest BCUT2D eigenvalue weighted by Gasteiger charge is -2.43. The molecule has 26 heavy (non-hydrogen) atoms. The normalized spacial score (nSPS) is 26.7. The topological polar surface area (TPSA) is 66.9 Å². The molecule has 0 radical (unpaired) electrons. The van der Waals surface area contributed by atoms with Crippen LogP contribution in [0.2, 0.25) is 0 Å². The number of benzene rings is 1. The number of hydrogen-bond donors (Lipinski definition) is 0. The van der Waals surface area contributed by atoms with E-state index in [1.54, 1.807) is 11.2 Å². The number of ether oxygens (including phenoxy) is 1. The molecule has 7 heteroatoms. The summed E-state index contributed by atoms with van der Waals surface area (Å²) in [4.78, 5) is 13.6. The van der Waals surface area contributed by atoms with Gasteiger partial charge in [0.15, 0.2) is 0 Å². The third-order valence-corrected chi connectivity index (χ3v) is 7.49. The minimum absolute atomic E-state index is 0.0156. The number of carbonyl (C=O) groups excluding carboxylic acids is 1. The fourth-order valence-electron chi connectivity index (χ4n) is 4.15. The van der Waals surface area contributed by atoms with Gasteiger partial charge in [0.25, 0.3) is 0 Å². The van der Waals surface area contributed by atoms with E-state index in [1.807, 2.05) is 42.2 Å². The van der Waals surface area contributed by atoms with Gasteiger partial charge in [-0.3, -0.25) is 4.79 Å². The van der Waals surface area contributed by atoms with Crippen LogP contribution >= 0.6 is 0 Å². The first-order chi connectivity index (χ1) is 12.4. The molecule has 0 N–H and O–H groups in total. The van der Waals surface area contributed by atoms with Crippen LogP contribution in [0.15, 0.2) is 30.3 Å². The molecule has 0 aliphatic carbocycles. The van der Waals surface area contributed by atoms with E-state index in [0.29, 0.717) is 39.4 Å². The van der Waals surface area contributed by atoms with Gasteiger partial charge in [-0.05, 0) is 24.8 Å². The van der Waals surface area contributed by atoms with Crippen LogP contribution < -0.4 is 0 Å². The average Bonchev–Trinajstić information content (AvgIpc) is 3.00. The third kappa shape index (κ3) is 3.94. The molecule has 2 heterocycles. The van der Waals surface area contributed by atoms with Gasteiger partial charge in [-0.15, -0.1) is 0 Å². The first-order valence-electron chi connectivity index (χ1n) is 9.21. The zero-order valence-corrected chi connectivity index (χ0v) is 16.4. The number of piperidine rings is 1. The second kappa shape index (κ2) is 7.66. The third-order valence-electron chi connectivity index (χ3n) is 5.73. The summed E-state index contributed by atoms with van der Waals surface area (Å²) >= 11 is 0. The summed E-state index contributed by atoms with van der Waals surface area (Å²) in [6.07, 6.45) is 0.786. The summed E-state index contributed by atoms with van der Waals surface area (Å²) in [5.41, 5.74) is 0.609. The monoisotopic (exact) mass is 380 g/mol. The zero-order chi connectivity index (χ0) is 18.8. The predicted molar refractivity (Wildman–Crippen MR) is 99.9 cm³/mol. The van der Waals surface area contributed by atoms with Crippen LogP contribution in [0.5, 0.6) is 0 Å². The number of likely N-dealkylation sites (tertiary alicyclic amines) is 1. The van der Waals surface area contributed by atoms with Gasteiger partial charge in [-0.25, -0.2) is 12.7 Å². The molecular weight excluding hydrogens is 352 g/mol. The Hall–Kier alpha value is -1.44. The highest BCUT2D eigenvalue weighted by molar-refractivity contribution is 7.88. The van der Waals surface area contributed by atoms with Crippen LogP contribution in [0.3, 0.4) is 0 Å². The van der Waals surface area contributed by atoms with Crippen molar-refractivity contribution in [2.45, 2.75) is 26.0 Å². The van der Waals surface area contributed by atoms with Crippen molar-refractivity contribution in [3.8, 4) is 0 Å². The van der Waals surface area contributed by atoms with Crippen molar-refractivity contribution >= 4 is 15.9 Å². The van der Waals surface area contributed by atoms with Crippen molar-refractivity contribution in [2.24, 2.45) is 11.3 Å². The Morgan fingerprint density at radius 1 is 1.27 bits per heavy atom. The second-order valence-electron chi connectivity index (χ2n) is 7.45. The Morgan fingerprint density at radius 3 is 2.65 bits per heavy atom. The lowest BCUT2D eigenvalue weighted by Crippen LogP contribution is -2.50. The number of rotatable bonds is 6. The van der Waals surface area contributed by atoms with E-state index in [9.17, 15) is 13.2 Å². The molecule has 2 aliphatic rings. The molecule has 2 fully saturated rings. The molecule has 144 valence electrons. The van der Waals surface area contributed by atoms with Crippen molar-refractivity contribution in [2.75, 3.05) is 39.4 Å². The molecule has 0 spiro atoms. The van der Waals surface area contributed by atoms with Crippen LogP contribution in [0.1, 0.15) is 25.8 Å². The fourth-order valence-corrected chi connectivity index (χ4v) is 5.81. The molecular formula is C19H28N2O4S. The molecule has 1 aromatic rings. The zero-order valence-electron chi connectivity index (χ0n) is 15.6. The van der Waals surface area contributed by atoms with Gasteiger partial charge in [0.1, 0.15) is 0 Å². The largest absolute Gasteiger partial charge is 0.381 e. The highest BCUT2D eigenvalue weighted by Crippen LogP contribution is 2.44. The minimum atomic E-state index is -3.40. The van der Waals surface area contributed by atoms with Crippen molar-refractivity contribution in [1.82, 2.24) is 9.21 Å². The second-order valence-corrected chi connectivity index (χ2v) is 9.41. The molecule has 1 amide bonds. The molecule has 2 aliphatic heterocycles. The maximum Gasteiger partial charge on any atom is 0.219 e. The number of nitrogens with zero attached hydrogens (tertiary/aromatic N) is 2. The maximum absolute atomic E-state index is 13.0. The number of fused-ring (bicyclic) bond motifs is 1. The van der Waals surface area contributed by atoms with E-state index < -0.39 is 10.0 Å². The molecule has 0 saturated carbocycles. The number of hydrogen-bond acceptors (Lipinski definition) is 4. The van der Waals surface area contributed by atoms with E-state index >= 15 is 0 Å². The number of amides is 1. The summed E-state index contributed by atoms with van der Waals surface area (Å²) in [6.45, 7) is 6.93. The van der Waals surface area contributed by atoms with Gasteiger partial charge in [-0.2, -0.15) is 0 Å². The highest BCUT2D eigenvalue weighted by Gasteiger charge is 2.52. The van der Waals surface area contributed by atoms with Crippen molar-refractivity contribution in [3.05, 3.63) is 35.9 Å². The summed E-state index contributed by atoms with van der Waals surface area (Å²) in [7, 11) is -3.40. The van der Waals surface area contributed by atoms with Gasteiger partial charge in [-0.1, -0.05) is 30.3 Å². The SMILES string of the molecule is CCOC[C@@]12CCN(C(C)=O)C[C@@H]1CN(S(=O)(=O)Cc1ccccc1)C2. The van der Waals surface area contributed by atoms with E-state index in [-0.39, 0.29) is 23.0 Å². The van der Waals surface area contributed by atoms with Crippen LogP contribution in [0.4, 0.5) is 0 Å². The number of sulfonamides is 1. The molecule has 2 saturated heterocycles. The van der Waals surface area contributed by atoms with Gasteiger partial charge in [0.05, 0.1) is 12.4 Å². The Labute approximate surface area is 156 Å². The summed E-state index contributed by atoms with van der Waals surface area (Å²) in [5, 5.41) is 0. The standard InChI is InChI=1S/C19H28N2O4S/c1-3-25-15-19-9-10-20(16(2)22)11-18(19)12-21(14-19)26(23,24)13-17-7-5-4-6-8-17/h4-8,18H,3,9-15H2,1-2H3/t18-,19+/m1/s1. The van der Waals surface area contributed by atoms with Crippen LogP contribution in [-0.2, 0) is 25.3 Å². The maximum atomic E-state index is 13.0. The molecule has 6 nitrogen and oxygen atoms in total.